The average Bonchev–Trinajstić information content (AvgIpc) is 3.24. The van der Waals surface area contributed by atoms with Gasteiger partial charge in [0.05, 0.1) is 13.2 Å². The Morgan fingerprint density at radius 3 is 2.65 bits per heavy atom. The lowest BCUT2D eigenvalue weighted by Crippen LogP contribution is -2.53. The summed E-state index contributed by atoms with van der Waals surface area (Å²) in [6.07, 6.45) is 0.812. The van der Waals surface area contributed by atoms with E-state index in [4.69, 9.17) is 9.47 Å². The Balaban J connectivity index is 1.77. The number of methoxy groups -OCH3 is 1. The van der Waals surface area contributed by atoms with Gasteiger partial charge < -0.3 is 24.6 Å². The molecule has 3 rings (SSSR count). The highest BCUT2D eigenvalue weighted by molar-refractivity contribution is 7.10. The minimum Gasteiger partial charge on any atom is -0.497 e. The fourth-order valence-corrected chi connectivity index (χ4v) is 4.98. The van der Waals surface area contributed by atoms with Gasteiger partial charge in [-0.05, 0) is 62.3 Å². The molecule has 1 aliphatic heterocycles. The first-order valence-electron chi connectivity index (χ1n) is 11.8. The molecule has 0 radical (unpaired) electrons. The Kier molecular flexibility index (Phi) is 8.47. The molecule has 1 N–H and O–H groups in total. The molecule has 0 spiro atoms. The standard InChI is InChI=1S/C26H37N3O4S/c1-18(2)15-28(25(31)27-26(3,4)5)16-24(30)29-12-10-23-21(11-13-34-23)22(29)17-33-20-9-7-8-19(14-20)32-6/h7-9,11,13-14,18,22H,10,12,15-17H2,1-6H3,(H,27,31)/t22-/m0/s1. The maximum atomic E-state index is 13.5. The Morgan fingerprint density at radius 1 is 1.24 bits per heavy atom. The molecule has 0 aliphatic carbocycles. The minimum absolute atomic E-state index is 0.0369. The van der Waals surface area contributed by atoms with E-state index < -0.39 is 0 Å². The van der Waals surface area contributed by atoms with Crippen molar-refractivity contribution in [3.8, 4) is 11.5 Å². The van der Waals surface area contributed by atoms with Gasteiger partial charge in [0.15, 0.2) is 0 Å². The predicted octanol–water partition coefficient (Wildman–Crippen LogP) is 4.73. The molecule has 8 heteroatoms. The number of hydrogen-bond acceptors (Lipinski definition) is 5. The number of nitrogens with one attached hydrogen (secondary N) is 1. The van der Waals surface area contributed by atoms with Gasteiger partial charge in [-0.2, -0.15) is 0 Å². The second-order valence-corrected chi connectivity index (χ2v) is 11.1. The molecule has 3 amide bonds. The van der Waals surface area contributed by atoms with E-state index in [0.717, 1.165) is 17.7 Å². The zero-order valence-electron chi connectivity index (χ0n) is 21.1. The van der Waals surface area contributed by atoms with Crippen LogP contribution in [0.3, 0.4) is 0 Å². The summed E-state index contributed by atoms with van der Waals surface area (Å²) in [5.41, 5.74) is 0.751. The number of benzene rings is 1. The lowest BCUT2D eigenvalue weighted by molar-refractivity contribution is -0.135. The fourth-order valence-electron chi connectivity index (χ4n) is 4.05. The number of carbonyl (C=O) groups is 2. The average molecular weight is 488 g/mol. The van der Waals surface area contributed by atoms with Gasteiger partial charge in [-0.25, -0.2) is 4.79 Å². The fraction of sp³-hybridized carbons (Fsp3) is 0.538. The van der Waals surface area contributed by atoms with E-state index in [0.29, 0.717) is 25.4 Å². The Labute approximate surface area is 207 Å². The molecule has 1 atom stereocenters. The van der Waals surface area contributed by atoms with Crippen molar-refractivity contribution in [1.29, 1.82) is 0 Å². The van der Waals surface area contributed by atoms with E-state index in [1.807, 2.05) is 63.8 Å². The second-order valence-electron chi connectivity index (χ2n) is 10.1. The molecule has 186 valence electrons. The molecule has 7 nitrogen and oxygen atoms in total. The number of ether oxygens (including phenoxy) is 2. The van der Waals surface area contributed by atoms with Crippen LogP contribution in [0.25, 0.3) is 0 Å². The maximum Gasteiger partial charge on any atom is 0.318 e. The molecule has 0 saturated heterocycles. The summed E-state index contributed by atoms with van der Waals surface area (Å²) in [5.74, 6) is 1.59. The normalized spacial score (nSPS) is 15.6. The number of fused-ring (bicyclic) bond motifs is 1. The number of hydrogen-bond donors (Lipinski definition) is 1. The third-order valence-electron chi connectivity index (χ3n) is 5.55. The van der Waals surface area contributed by atoms with Crippen LogP contribution in [-0.2, 0) is 11.2 Å². The largest absolute Gasteiger partial charge is 0.497 e. The van der Waals surface area contributed by atoms with Crippen molar-refractivity contribution in [3.63, 3.8) is 0 Å². The smallest absolute Gasteiger partial charge is 0.318 e. The van der Waals surface area contributed by atoms with Crippen molar-refractivity contribution >= 4 is 23.3 Å². The Hall–Kier alpha value is -2.74. The van der Waals surface area contributed by atoms with E-state index in [1.165, 1.54) is 4.88 Å². The molecule has 2 heterocycles. The van der Waals surface area contributed by atoms with E-state index in [1.54, 1.807) is 23.3 Å². The molecule has 0 bridgehead atoms. The first-order chi connectivity index (χ1) is 16.1. The van der Waals surface area contributed by atoms with Crippen molar-refractivity contribution in [1.82, 2.24) is 15.1 Å². The highest BCUT2D eigenvalue weighted by Crippen LogP contribution is 2.34. The van der Waals surface area contributed by atoms with E-state index in [-0.39, 0.29) is 36.0 Å². The highest BCUT2D eigenvalue weighted by atomic mass is 32.1. The molecule has 1 aliphatic rings. The monoisotopic (exact) mass is 487 g/mol. The van der Waals surface area contributed by atoms with Crippen LogP contribution in [0.5, 0.6) is 11.5 Å². The summed E-state index contributed by atoms with van der Waals surface area (Å²) in [6, 6.07) is 9.12. The predicted molar refractivity (Wildman–Crippen MR) is 136 cm³/mol. The summed E-state index contributed by atoms with van der Waals surface area (Å²) < 4.78 is 11.4. The number of urea groups is 1. The topological polar surface area (TPSA) is 71.1 Å². The van der Waals surface area contributed by atoms with Crippen molar-refractivity contribution < 1.29 is 19.1 Å². The molecule has 0 fully saturated rings. The van der Waals surface area contributed by atoms with Gasteiger partial charge in [0.1, 0.15) is 24.7 Å². The van der Waals surface area contributed by atoms with Crippen LogP contribution >= 0.6 is 11.3 Å². The van der Waals surface area contributed by atoms with Gasteiger partial charge in [-0.1, -0.05) is 19.9 Å². The Bertz CT molecular complexity index is 982. The van der Waals surface area contributed by atoms with Crippen LogP contribution < -0.4 is 14.8 Å². The lowest BCUT2D eigenvalue weighted by Gasteiger charge is -2.37. The van der Waals surface area contributed by atoms with Crippen molar-refractivity contribution in [2.75, 3.05) is 33.4 Å². The van der Waals surface area contributed by atoms with Gasteiger partial charge in [-0.15, -0.1) is 11.3 Å². The minimum atomic E-state index is -0.376. The van der Waals surface area contributed by atoms with E-state index >= 15 is 0 Å². The zero-order valence-corrected chi connectivity index (χ0v) is 21.9. The van der Waals surface area contributed by atoms with Crippen LogP contribution in [0, 0.1) is 5.92 Å². The summed E-state index contributed by atoms with van der Waals surface area (Å²) >= 11 is 1.72. The molecular weight excluding hydrogens is 450 g/mol. The number of carbonyl (C=O) groups excluding carboxylic acids is 2. The third kappa shape index (κ3) is 6.88. The third-order valence-corrected chi connectivity index (χ3v) is 6.54. The number of amides is 3. The summed E-state index contributed by atoms with van der Waals surface area (Å²) in [4.78, 5) is 31.3. The summed E-state index contributed by atoms with van der Waals surface area (Å²) in [7, 11) is 1.62. The molecular formula is C26H37N3O4S. The maximum absolute atomic E-state index is 13.5. The molecule has 34 heavy (non-hydrogen) atoms. The molecule has 0 saturated carbocycles. The van der Waals surface area contributed by atoms with Crippen LogP contribution in [0.4, 0.5) is 4.79 Å². The molecule has 1 aromatic heterocycles. The van der Waals surface area contributed by atoms with Crippen LogP contribution in [0.15, 0.2) is 35.7 Å². The van der Waals surface area contributed by atoms with Crippen molar-refractivity contribution in [3.05, 3.63) is 46.2 Å². The van der Waals surface area contributed by atoms with Gasteiger partial charge >= 0.3 is 6.03 Å². The summed E-state index contributed by atoms with van der Waals surface area (Å²) in [6.45, 7) is 11.4. The number of thiophene rings is 1. The lowest BCUT2D eigenvalue weighted by atomic mass is 10.0. The number of rotatable bonds is 8. The molecule has 0 unspecified atom stereocenters. The SMILES string of the molecule is COc1cccc(OC[C@H]2c3ccsc3CCN2C(=O)CN(CC(C)C)C(=O)NC(C)(C)C)c1. The van der Waals surface area contributed by atoms with Crippen molar-refractivity contribution in [2.24, 2.45) is 5.92 Å². The molecule has 1 aromatic carbocycles. The Morgan fingerprint density at radius 2 is 1.97 bits per heavy atom. The highest BCUT2D eigenvalue weighted by Gasteiger charge is 2.34. The van der Waals surface area contributed by atoms with Crippen LogP contribution in [0.1, 0.15) is 51.1 Å². The molecule has 2 aromatic rings. The van der Waals surface area contributed by atoms with Gasteiger partial charge in [-0.3, -0.25) is 4.79 Å². The quantitative estimate of drug-likeness (QED) is 0.585. The number of nitrogens with zero attached hydrogens (tertiary/aromatic N) is 2. The van der Waals surface area contributed by atoms with E-state index in [9.17, 15) is 9.59 Å². The van der Waals surface area contributed by atoms with E-state index in [2.05, 4.69) is 16.8 Å². The van der Waals surface area contributed by atoms with Gasteiger partial charge in [0.2, 0.25) is 5.91 Å². The van der Waals surface area contributed by atoms with Crippen molar-refractivity contribution in [2.45, 2.75) is 52.6 Å². The van der Waals surface area contributed by atoms with Crippen LogP contribution in [0.2, 0.25) is 0 Å². The zero-order chi connectivity index (χ0) is 24.9. The first-order valence-corrected chi connectivity index (χ1v) is 12.6. The van der Waals surface area contributed by atoms with Gasteiger partial charge in [0, 0.05) is 29.6 Å². The second kappa shape index (κ2) is 11.1. The van der Waals surface area contributed by atoms with Crippen LogP contribution in [-0.4, -0.2) is 60.6 Å². The summed E-state index contributed by atoms with van der Waals surface area (Å²) in [5, 5.41) is 5.06. The van der Waals surface area contributed by atoms with Gasteiger partial charge in [0.25, 0.3) is 0 Å². The first kappa shape index (κ1) is 25.9.